The quantitative estimate of drug-likeness (QED) is 0.894. The Hall–Kier alpha value is -0.380. The number of methoxy groups -OCH3 is 1. The minimum Gasteiger partial charge on any atom is -0.496 e. The lowest BCUT2D eigenvalue weighted by Crippen LogP contribution is -2.19. The molecule has 0 saturated heterocycles. The standard InChI is InChI=1S/C14H21ClO2S/c1-14(2,3)18-9-12(16)8-10-7-11(15)5-6-13(10)17-4/h5-7,12,16H,8-9H2,1-4H3. The molecular formula is C14H21ClO2S. The van der Waals surface area contributed by atoms with Crippen LogP contribution in [0.25, 0.3) is 0 Å². The number of aliphatic hydroxyl groups excluding tert-OH is 1. The van der Waals surface area contributed by atoms with Crippen molar-refractivity contribution in [3.63, 3.8) is 0 Å². The summed E-state index contributed by atoms with van der Waals surface area (Å²) in [6.07, 6.45) is 0.175. The van der Waals surface area contributed by atoms with Crippen molar-refractivity contribution in [3.8, 4) is 5.75 Å². The number of rotatable bonds is 5. The summed E-state index contributed by atoms with van der Waals surface area (Å²) in [7, 11) is 1.63. The second-order valence-electron chi connectivity index (χ2n) is 5.24. The van der Waals surface area contributed by atoms with Gasteiger partial charge in [-0.1, -0.05) is 32.4 Å². The summed E-state index contributed by atoms with van der Waals surface area (Å²) in [6, 6.07) is 5.48. The van der Waals surface area contributed by atoms with Gasteiger partial charge < -0.3 is 9.84 Å². The Balaban J connectivity index is 2.63. The summed E-state index contributed by atoms with van der Waals surface area (Å²) >= 11 is 7.72. The van der Waals surface area contributed by atoms with Gasteiger partial charge in [-0.2, -0.15) is 11.8 Å². The second-order valence-corrected chi connectivity index (χ2v) is 7.52. The van der Waals surface area contributed by atoms with Crippen LogP contribution in [0.15, 0.2) is 18.2 Å². The van der Waals surface area contributed by atoms with Gasteiger partial charge in [0.2, 0.25) is 0 Å². The maximum Gasteiger partial charge on any atom is 0.122 e. The van der Waals surface area contributed by atoms with Crippen molar-refractivity contribution in [1.29, 1.82) is 0 Å². The second kappa shape index (κ2) is 6.69. The average molecular weight is 289 g/mol. The Bertz CT molecular complexity index is 388. The number of aliphatic hydroxyl groups is 1. The molecule has 1 unspecified atom stereocenters. The molecule has 4 heteroatoms. The molecule has 2 nitrogen and oxygen atoms in total. The normalized spacial score (nSPS) is 13.4. The maximum absolute atomic E-state index is 10.1. The first-order chi connectivity index (χ1) is 8.31. The molecule has 1 atom stereocenters. The first-order valence-electron chi connectivity index (χ1n) is 5.96. The lowest BCUT2D eigenvalue weighted by Gasteiger charge is -2.20. The number of thioether (sulfide) groups is 1. The molecule has 1 aromatic rings. The van der Waals surface area contributed by atoms with E-state index in [4.69, 9.17) is 16.3 Å². The van der Waals surface area contributed by atoms with Crippen LogP contribution in [-0.2, 0) is 6.42 Å². The Kier molecular flexibility index (Phi) is 5.83. The summed E-state index contributed by atoms with van der Waals surface area (Å²) in [5.41, 5.74) is 0.951. The van der Waals surface area contributed by atoms with Gasteiger partial charge >= 0.3 is 0 Å². The van der Waals surface area contributed by atoms with Crippen molar-refractivity contribution in [3.05, 3.63) is 28.8 Å². The van der Waals surface area contributed by atoms with E-state index < -0.39 is 0 Å². The molecule has 0 saturated carbocycles. The number of halogens is 1. The van der Waals surface area contributed by atoms with Crippen molar-refractivity contribution >= 4 is 23.4 Å². The zero-order valence-corrected chi connectivity index (χ0v) is 12.9. The molecule has 0 aromatic heterocycles. The predicted octanol–water partition coefficient (Wildman–Crippen LogP) is 3.78. The third kappa shape index (κ3) is 5.51. The summed E-state index contributed by atoms with van der Waals surface area (Å²) in [5.74, 6) is 1.48. The lowest BCUT2D eigenvalue weighted by atomic mass is 10.1. The molecule has 0 fully saturated rings. The van der Waals surface area contributed by atoms with Gasteiger partial charge in [0.05, 0.1) is 13.2 Å². The van der Waals surface area contributed by atoms with E-state index in [0.717, 1.165) is 11.3 Å². The van der Waals surface area contributed by atoms with E-state index in [0.29, 0.717) is 17.2 Å². The van der Waals surface area contributed by atoms with Crippen LogP contribution in [-0.4, -0.2) is 28.8 Å². The fourth-order valence-corrected chi connectivity index (χ4v) is 2.57. The Morgan fingerprint density at radius 2 is 2.06 bits per heavy atom. The number of hydrogen-bond donors (Lipinski definition) is 1. The molecule has 18 heavy (non-hydrogen) atoms. The fourth-order valence-electron chi connectivity index (χ4n) is 1.57. The van der Waals surface area contributed by atoms with Crippen LogP contribution in [0.2, 0.25) is 5.02 Å². The molecule has 0 aliphatic rings. The molecule has 0 amide bonds. The van der Waals surface area contributed by atoms with Crippen molar-refractivity contribution in [1.82, 2.24) is 0 Å². The molecule has 0 spiro atoms. The molecule has 1 rings (SSSR count). The van der Waals surface area contributed by atoms with Crippen molar-refractivity contribution in [2.75, 3.05) is 12.9 Å². The lowest BCUT2D eigenvalue weighted by molar-refractivity contribution is 0.198. The minimum atomic E-state index is -0.387. The average Bonchev–Trinajstić information content (AvgIpc) is 2.26. The predicted molar refractivity (Wildman–Crippen MR) is 79.9 cm³/mol. The zero-order valence-electron chi connectivity index (χ0n) is 11.4. The van der Waals surface area contributed by atoms with Gasteiger partial charge in [0.1, 0.15) is 5.75 Å². The summed E-state index contributed by atoms with van der Waals surface area (Å²) in [4.78, 5) is 0. The van der Waals surface area contributed by atoms with Crippen LogP contribution in [0.1, 0.15) is 26.3 Å². The Morgan fingerprint density at radius 1 is 1.39 bits per heavy atom. The van der Waals surface area contributed by atoms with Crippen molar-refractivity contribution in [2.45, 2.75) is 38.0 Å². The first-order valence-corrected chi connectivity index (χ1v) is 7.32. The summed E-state index contributed by atoms with van der Waals surface area (Å²) < 4.78 is 5.44. The molecule has 0 bridgehead atoms. The van der Waals surface area contributed by atoms with E-state index in [1.165, 1.54) is 0 Å². The highest BCUT2D eigenvalue weighted by Gasteiger charge is 2.16. The van der Waals surface area contributed by atoms with Crippen LogP contribution in [0.5, 0.6) is 5.75 Å². The Morgan fingerprint density at radius 3 is 2.61 bits per heavy atom. The van der Waals surface area contributed by atoms with Crippen LogP contribution in [0, 0.1) is 0 Å². The van der Waals surface area contributed by atoms with E-state index in [9.17, 15) is 5.11 Å². The first kappa shape index (κ1) is 15.7. The smallest absolute Gasteiger partial charge is 0.122 e. The molecule has 0 radical (unpaired) electrons. The van der Waals surface area contributed by atoms with Crippen molar-refractivity contribution in [2.24, 2.45) is 0 Å². The van der Waals surface area contributed by atoms with E-state index in [1.54, 1.807) is 24.9 Å². The SMILES string of the molecule is COc1ccc(Cl)cc1CC(O)CSC(C)(C)C. The minimum absolute atomic E-state index is 0.166. The van der Waals surface area contributed by atoms with Gasteiger partial charge in [-0.05, 0) is 23.8 Å². The molecule has 1 N–H and O–H groups in total. The van der Waals surface area contributed by atoms with Crippen LogP contribution in [0.3, 0.4) is 0 Å². The van der Waals surface area contributed by atoms with Gasteiger partial charge in [-0.3, -0.25) is 0 Å². The molecule has 0 aliphatic carbocycles. The molecule has 1 aromatic carbocycles. The van der Waals surface area contributed by atoms with Gasteiger partial charge in [0.25, 0.3) is 0 Å². The van der Waals surface area contributed by atoms with Crippen LogP contribution in [0.4, 0.5) is 0 Å². The molecular weight excluding hydrogens is 268 g/mol. The molecule has 0 aliphatic heterocycles. The fraction of sp³-hybridized carbons (Fsp3) is 0.571. The zero-order chi connectivity index (χ0) is 13.8. The largest absolute Gasteiger partial charge is 0.496 e. The van der Waals surface area contributed by atoms with Gasteiger partial charge in [-0.25, -0.2) is 0 Å². The van der Waals surface area contributed by atoms with E-state index in [1.807, 2.05) is 12.1 Å². The summed E-state index contributed by atoms with van der Waals surface area (Å²) in [6.45, 7) is 6.43. The van der Waals surface area contributed by atoms with Crippen LogP contribution < -0.4 is 4.74 Å². The molecule has 0 heterocycles. The van der Waals surface area contributed by atoms with E-state index in [-0.39, 0.29) is 10.9 Å². The topological polar surface area (TPSA) is 29.5 Å². The van der Waals surface area contributed by atoms with E-state index >= 15 is 0 Å². The number of benzene rings is 1. The third-order valence-electron chi connectivity index (χ3n) is 2.41. The van der Waals surface area contributed by atoms with Gasteiger partial charge in [-0.15, -0.1) is 0 Å². The van der Waals surface area contributed by atoms with E-state index in [2.05, 4.69) is 20.8 Å². The Labute approximate surface area is 119 Å². The van der Waals surface area contributed by atoms with Gasteiger partial charge in [0, 0.05) is 21.9 Å². The van der Waals surface area contributed by atoms with Crippen LogP contribution >= 0.6 is 23.4 Å². The van der Waals surface area contributed by atoms with Crippen molar-refractivity contribution < 1.29 is 9.84 Å². The highest BCUT2D eigenvalue weighted by Crippen LogP contribution is 2.27. The number of ether oxygens (including phenoxy) is 1. The maximum atomic E-state index is 10.1. The highest BCUT2D eigenvalue weighted by molar-refractivity contribution is 8.00. The molecule has 102 valence electrons. The highest BCUT2D eigenvalue weighted by atomic mass is 35.5. The monoisotopic (exact) mass is 288 g/mol. The number of hydrogen-bond acceptors (Lipinski definition) is 3. The van der Waals surface area contributed by atoms with Gasteiger partial charge in [0.15, 0.2) is 0 Å². The summed E-state index contributed by atoms with van der Waals surface area (Å²) in [5, 5.41) is 10.7. The third-order valence-corrected chi connectivity index (χ3v) is 4.06.